The lowest BCUT2D eigenvalue weighted by atomic mass is 10.2. The molecule has 1 aromatic heterocycles. The number of hydrogen-bond acceptors (Lipinski definition) is 3. The molecule has 0 aliphatic carbocycles. The first-order chi connectivity index (χ1) is 11.0. The molecule has 1 aromatic carbocycles. The summed E-state index contributed by atoms with van der Waals surface area (Å²) in [6, 6.07) is 7.13. The average Bonchev–Trinajstić information content (AvgIpc) is 2.79. The van der Waals surface area contributed by atoms with Gasteiger partial charge in [-0.1, -0.05) is 11.6 Å². The highest BCUT2D eigenvalue weighted by atomic mass is 35.5. The molecular formula is C17H22ClN3O2. The number of ether oxygens (including phenoxy) is 1. The van der Waals surface area contributed by atoms with Crippen LogP contribution in [-0.2, 0) is 6.54 Å². The summed E-state index contributed by atoms with van der Waals surface area (Å²) in [5.74, 6) is 0.685. The van der Waals surface area contributed by atoms with Crippen LogP contribution in [0.4, 0.5) is 0 Å². The first-order valence-corrected chi connectivity index (χ1v) is 8.11. The molecule has 0 saturated carbocycles. The van der Waals surface area contributed by atoms with Gasteiger partial charge in [0, 0.05) is 18.7 Å². The summed E-state index contributed by atoms with van der Waals surface area (Å²) < 4.78 is 7.23. The van der Waals surface area contributed by atoms with Crippen LogP contribution in [0.2, 0.25) is 5.02 Å². The van der Waals surface area contributed by atoms with Crippen LogP contribution in [0.25, 0.3) is 0 Å². The number of carbonyl (C=O) groups excluding carboxylic acids is 1. The molecule has 0 bridgehead atoms. The minimum absolute atomic E-state index is 0.0838. The fourth-order valence-electron chi connectivity index (χ4n) is 2.29. The molecule has 2 rings (SSSR count). The molecule has 1 heterocycles. The Labute approximate surface area is 141 Å². The predicted octanol–water partition coefficient (Wildman–Crippen LogP) is 3.37. The topological polar surface area (TPSA) is 56.1 Å². The Balaban J connectivity index is 1.79. The summed E-state index contributed by atoms with van der Waals surface area (Å²) in [5.41, 5.74) is 2.42. The van der Waals surface area contributed by atoms with Crippen molar-refractivity contribution in [3.63, 3.8) is 0 Å². The Kier molecular flexibility index (Phi) is 6.04. The summed E-state index contributed by atoms with van der Waals surface area (Å²) in [6.45, 7) is 7.68. The van der Waals surface area contributed by atoms with E-state index >= 15 is 0 Å². The van der Waals surface area contributed by atoms with E-state index in [0.717, 1.165) is 30.1 Å². The molecule has 0 radical (unpaired) electrons. The van der Waals surface area contributed by atoms with E-state index in [9.17, 15) is 4.79 Å². The lowest BCUT2D eigenvalue weighted by Crippen LogP contribution is -2.25. The molecular weight excluding hydrogens is 314 g/mol. The van der Waals surface area contributed by atoms with Crippen LogP contribution in [-0.4, -0.2) is 28.8 Å². The third-order valence-electron chi connectivity index (χ3n) is 3.55. The van der Waals surface area contributed by atoms with Crippen LogP contribution in [0, 0.1) is 13.8 Å². The SMILES string of the molecule is CCOc1ccc(C(=O)NCCCn2nc(C)c(Cl)c2C)cc1. The van der Waals surface area contributed by atoms with Crippen LogP contribution < -0.4 is 10.1 Å². The van der Waals surface area contributed by atoms with Crippen molar-refractivity contribution in [2.75, 3.05) is 13.2 Å². The van der Waals surface area contributed by atoms with Gasteiger partial charge in [-0.15, -0.1) is 0 Å². The number of carbonyl (C=O) groups is 1. The normalized spacial score (nSPS) is 10.6. The zero-order valence-electron chi connectivity index (χ0n) is 13.7. The quantitative estimate of drug-likeness (QED) is 0.789. The van der Waals surface area contributed by atoms with Gasteiger partial charge in [0.25, 0.3) is 5.91 Å². The molecule has 0 aliphatic heterocycles. The van der Waals surface area contributed by atoms with Crippen LogP contribution >= 0.6 is 11.6 Å². The number of amides is 1. The summed E-state index contributed by atoms with van der Waals surface area (Å²) in [7, 11) is 0. The van der Waals surface area contributed by atoms with Crippen molar-refractivity contribution in [2.24, 2.45) is 0 Å². The maximum atomic E-state index is 12.1. The first-order valence-electron chi connectivity index (χ1n) is 7.73. The predicted molar refractivity (Wildman–Crippen MR) is 91.3 cm³/mol. The number of aryl methyl sites for hydroxylation is 2. The van der Waals surface area contributed by atoms with Gasteiger partial charge in [-0.05, 0) is 51.5 Å². The third-order valence-corrected chi connectivity index (χ3v) is 4.10. The first kappa shape index (κ1) is 17.3. The minimum Gasteiger partial charge on any atom is -0.494 e. The van der Waals surface area contributed by atoms with Crippen molar-refractivity contribution < 1.29 is 9.53 Å². The number of nitrogens with zero attached hydrogens (tertiary/aromatic N) is 2. The van der Waals surface area contributed by atoms with E-state index in [0.29, 0.717) is 23.7 Å². The van der Waals surface area contributed by atoms with Crippen molar-refractivity contribution in [1.82, 2.24) is 15.1 Å². The second-order valence-electron chi connectivity index (χ2n) is 5.27. The van der Waals surface area contributed by atoms with Gasteiger partial charge < -0.3 is 10.1 Å². The van der Waals surface area contributed by atoms with Gasteiger partial charge in [-0.25, -0.2) is 0 Å². The minimum atomic E-state index is -0.0838. The summed E-state index contributed by atoms with van der Waals surface area (Å²) in [4.78, 5) is 12.1. The molecule has 5 nitrogen and oxygen atoms in total. The smallest absolute Gasteiger partial charge is 0.251 e. The van der Waals surface area contributed by atoms with Crippen molar-refractivity contribution in [2.45, 2.75) is 33.7 Å². The highest BCUT2D eigenvalue weighted by Gasteiger charge is 2.09. The number of aromatic nitrogens is 2. The van der Waals surface area contributed by atoms with E-state index in [2.05, 4.69) is 10.4 Å². The molecule has 23 heavy (non-hydrogen) atoms. The fourth-order valence-corrected chi connectivity index (χ4v) is 2.43. The van der Waals surface area contributed by atoms with E-state index in [4.69, 9.17) is 16.3 Å². The molecule has 124 valence electrons. The van der Waals surface area contributed by atoms with Gasteiger partial charge in [0.2, 0.25) is 0 Å². The molecule has 1 amide bonds. The summed E-state index contributed by atoms with van der Waals surface area (Å²) in [6.07, 6.45) is 0.793. The van der Waals surface area contributed by atoms with Crippen molar-refractivity contribution in [3.8, 4) is 5.75 Å². The Bertz CT molecular complexity index is 665. The molecule has 2 aromatic rings. The van der Waals surface area contributed by atoms with Gasteiger partial charge in [0.15, 0.2) is 0 Å². The van der Waals surface area contributed by atoms with Gasteiger partial charge in [-0.3, -0.25) is 9.48 Å². The largest absolute Gasteiger partial charge is 0.494 e. The molecule has 0 atom stereocenters. The maximum absolute atomic E-state index is 12.1. The fraction of sp³-hybridized carbons (Fsp3) is 0.412. The maximum Gasteiger partial charge on any atom is 0.251 e. The van der Waals surface area contributed by atoms with Gasteiger partial charge >= 0.3 is 0 Å². The number of halogens is 1. The summed E-state index contributed by atoms with van der Waals surface area (Å²) in [5, 5.41) is 7.99. The molecule has 1 N–H and O–H groups in total. The monoisotopic (exact) mass is 335 g/mol. The van der Waals surface area contributed by atoms with Crippen LogP contribution in [0.5, 0.6) is 5.75 Å². The second kappa shape index (κ2) is 8.02. The third kappa shape index (κ3) is 4.48. The van der Waals surface area contributed by atoms with E-state index in [1.807, 2.05) is 25.5 Å². The molecule has 0 spiro atoms. The zero-order valence-corrected chi connectivity index (χ0v) is 14.5. The zero-order chi connectivity index (χ0) is 16.8. The van der Waals surface area contributed by atoms with E-state index in [1.54, 1.807) is 24.3 Å². The highest BCUT2D eigenvalue weighted by molar-refractivity contribution is 6.31. The molecule has 0 aliphatic rings. The van der Waals surface area contributed by atoms with E-state index in [-0.39, 0.29) is 5.91 Å². The summed E-state index contributed by atoms with van der Waals surface area (Å²) >= 11 is 6.11. The molecule has 0 fully saturated rings. The molecule has 6 heteroatoms. The van der Waals surface area contributed by atoms with Crippen molar-refractivity contribution in [3.05, 3.63) is 46.2 Å². The number of rotatable bonds is 7. The standard InChI is InChI=1S/C17H22ClN3O2/c1-4-23-15-8-6-14(7-9-15)17(22)19-10-5-11-21-13(3)16(18)12(2)20-21/h6-9H,4-5,10-11H2,1-3H3,(H,19,22). The van der Waals surface area contributed by atoms with Crippen LogP contribution in [0.15, 0.2) is 24.3 Å². The Morgan fingerprint density at radius 3 is 2.57 bits per heavy atom. The lowest BCUT2D eigenvalue weighted by molar-refractivity contribution is 0.0952. The van der Waals surface area contributed by atoms with Crippen molar-refractivity contribution in [1.29, 1.82) is 0 Å². The van der Waals surface area contributed by atoms with Crippen LogP contribution in [0.1, 0.15) is 35.1 Å². The number of benzene rings is 1. The Morgan fingerprint density at radius 1 is 1.30 bits per heavy atom. The molecule has 0 unspecified atom stereocenters. The average molecular weight is 336 g/mol. The van der Waals surface area contributed by atoms with Gasteiger partial charge in [0.05, 0.1) is 23.0 Å². The number of nitrogens with one attached hydrogen (secondary N) is 1. The number of hydrogen-bond donors (Lipinski definition) is 1. The molecule has 0 saturated heterocycles. The van der Waals surface area contributed by atoms with E-state index in [1.165, 1.54) is 0 Å². The van der Waals surface area contributed by atoms with Crippen molar-refractivity contribution >= 4 is 17.5 Å². The highest BCUT2D eigenvalue weighted by Crippen LogP contribution is 2.18. The Hall–Kier alpha value is -2.01. The second-order valence-corrected chi connectivity index (χ2v) is 5.65. The lowest BCUT2D eigenvalue weighted by Gasteiger charge is -2.08. The van der Waals surface area contributed by atoms with Gasteiger partial charge in [-0.2, -0.15) is 5.10 Å². The Morgan fingerprint density at radius 2 is 2.00 bits per heavy atom. The van der Waals surface area contributed by atoms with Gasteiger partial charge in [0.1, 0.15) is 5.75 Å². The van der Waals surface area contributed by atoms with E-state index < -0.39 is 0 Å². The van der Waals surface area contributed by atoms with Crippen LogP contribution in [0.3, 0.4) is 0 Å².